The van der Waals surface area contributed by atoms with Crippen molar-refractivity contribution >= 4 is 11.6 Å². The highest BCUT2D eigenvalue weighted by Gasteiger charge is 2.31. The number of para-hydroxylation sites is 1. The number of rotatable bonds is 5. The van der Waals surface area contributed by atoms with Gasteiger partial charge in [0.15, 0.2) is 5.82 Å². The minimum Gasteiger partial charge on any atom is -0.340 e. The van der Waals surface area contributed by atoms with Gasteiger partial charge >= 0.3 is 0 Å². The zero-order valence-corrected chi connectivity index (χ0v) is 13.8. The molecule has 6 nitrogen and oxygen atoms in total. The fourth-order valence-electron chi connectivity index (χ4n) is 3.10. The van der Waals surface area contributed by atoms with Crippen LogP contribution in [0.25, 0.3) is 0 Å². The highest BCUT2D eigenvalue weighted by atomic mass is 16.5. The maximum atomic E-state index is 12.8. The molecule has 0 spiro atoms. The molecule has 2 aromatic rings. The average Bonchev–Trinajstić information content (AvgIpc) is 3.08. The molecule has 1 aromatic heterocycles. The Hall–Kier alpha value is -2.21. The molecular formula is C17H22N4O2. The lowest BCUT2D eigenvalue weighted by Gasteiger charge is -2.26. The van der Waals surface area contributed by atoms with Crippen LogP contribution in [0.3, 0.4) is 0 Å². The van der Waals surface area contributed by atoms with Gasteiger partial charge < -0.3 is 9.42 Å². The molecule has 23 heavy (non-hydrogen) atoms. The Labute approximate surface area is 136 Å². The highest BCUT2D eigenvalue weighted by molar-refractivity contribution is 5.97. The van der Waals surface area contributed by atoms with E-state index in [2.05, 4.69) is 23.1 Å². The van der Waals surface area contributed by atoms with Crippen molar-refractivity contribution in [2.24, 2.45) is 0 Å². The molecule has 122 valence electrons. The van der Waals surface area contributed by atoms with Crippen molar-refractivity contribution in [1.29, 1.82) is 0 Å². The first-order valence-corrected chi connectivity index (χ1v) is 8.00. The van der Waals surface area contributed by atoms with E-state index in [0.29, 0.717) is 24.8 Å². The lowest BCUT2D eigenvalue weighted by Crippen LogP contribution is -2.43. The van der Waals surface area contributed by atoms with Crippen molar-refractivity contribution in [3.05, 3.63) is 41.5 Å². The van der Waals surface area contributed by atoms with Gasteiger partial charge in [0, 0.05) is 18.7 Å². The lowest BCUT2D eigenvalue weighted by atomic mass is 10.1. The fraction of sp³-hybridized carbons (Fsp3) is 0.471. The average molecular weight is 314 g/mol. The molecule has 0 radical (unpaired) electrons. The van der Waals surface area contributed by atoms with Crippen LogP contribution in [0, 0.1) is 6.92 Å². The van der Waals surface area contributed by atoms with E-state index in [-0.39, 0.29) is 11.9 Å². The normalized spacial score (nSPS) is 16.9. The molecule has 1 aliphatic heterocycles. The number of benzene rings is 1. The summed E-state index contributed by atoms with van der Waals surface area (Å²) in [6, 6.07) is 8.33. The number of fused-ring (bicyclic) bond motifs is 1. The van der Waals surface area contributed by atoms with Crippen LogP contribution in [-0.2, 0) is 17.8 Å². The summed E-state index contributed by atoms with van der Waals surface area (Å²) in [5.41, 5.74) is 2.28. The second kappa shape index (κ2) is 6.50. The lowest BCUT2D eigenvalue weighted by molar-refractivity contribution is -0.120. The van der Waals surface area contributed by atoms with Gasteiger partial charge in [-0.2, -0.15) is 4.98 Å². The Bertz CT molecular complexity index is 697. The number of amides is 1. The minimum atomic E-state index is 0.115. The van der Waals surface area contributed by atoms with Gasteiger partial charge in [0.05, 0.1) is 13.1 Å². The summed E-state index contributed by atoms with van der Waals surface area (Å²) >= 11 is 0. The molecule has 0 fully saturated rings. The number of hydrogen-bond acceptors (Lipinski definition) is 5. The molecule has 0 saturated carbocycles. The third-order valence-electron chi connectivity index (χ3n) is 4.22. The zero-order chi connectivity index (χ0) is 16.4. The third kappa shape index (κ3) is 3.27. The number of aromatic nitrogens is 2. The SMILES string of the molecule is CCN(CC(=O)N1c2ccccc2C[C@@H]1C)Cc1noc(C)n1. The first kappa shape index (κ1) is 15.7. The number of carbonyl (C=O) groups is 1. The Morgan fingerprint density at radius 3 is 2.91 bits per heavy atom. The molecule has 0 aliphatic carbocycles. The largest absolute Gasteiger partial charge is 0.340 e. The van der Waals surface area contributed by atoms with Crippen LogP contribution in [0.2, 0.25) is 0 Å². The number of anilines is 1. The molecule has 1 amide bonds. The Balaban J connectivity index is 1.70. The molecule has 0 N–H and O–H groups in total. The fourth-order valence-corrected chi connectivity index (χ4v) is 3.10. The van der Waals surface area contributed by atoms with Crippen molar-refractivity contribution in [1.82, 2.24) is 15.0 Å². The molecule has 0 bridgehead atoms. The van der Waals surface area contributed by atoms with Gasteiger partial charge in [-0.25, -0.2) is 0 Å². The van der Waals surface area contributed by atoms with Crippen molar-refractivity contribution in [2.45, 2.75) is 39.8 Å². The maximum Gasteiger partial charge on any atom is 0.241 e. The predicted octanol–water partition coefficient (Wildman–Crippen LogP) is 2.18. The second-order valence-corrected chi connectivity index (χ2v) is 5.98. The van der Waals surface area contributed by atoms with Gasteiger partial charge in [-0.15, -0.1) is 0 Å². The van der Waals surface area contributed by atoms with Crippen LogP contribution in [-0.4, -0.2) is 40.1 Å². The van der Waals surface area contributed by atoms with Gasteiger partial charge in [0.1, 0.15) is 0 Å². The Kier molecular flexibility index (Phi) is 4.43. The van der Waals surface area contributed by atoms with E-state index in [9.17, 15) is 4.79 Å². The van der Waals surface area contributed by atoms with Crippen LogP contribution in [0.5, 0.6) is 0 Å². The Morgan fingerprint density at radius 1 is 1.43 bits per heavy atom. The summed E-state index contributed by atoms with van der Waals surface area (Å²) in [4.78, 5) is 21.0. The monoisotopic (exact) mass is 314 g/mol. The van der Waals surface area contributed by atoms with Crippen LogP contribution in [0.1, 0.15) is 31.1 Å². The standard InChI is InChI=1S/C17H22N4O2/c1-4-20(10-16-18-13(3)23-19-16)11-17(22)21-12(2)9-14-7-5-6-8-15(14)21/h5-8,12H,4,9-11H2,1-3H3/t12-/m0/s1. The summed E-state index contributed by atoms with van der Waals surface area (Å²) < 4.78 is 5.00. The van der Waals surface area contributed by atoms with Crippen LogP contribution in [0.4, 0.5) is 5.69 Å². The smallest absolute Gasteiger partial charge is 0.241 e. The molecule has 2 heterocycles. The number of carbonyl (C=O) groups excluding carboxylic acids is 1. The van der Waals surface area contributed by atoms with Crippen LogP contribution in [0.15, 0.2) is 28.8 Å². The topological polar surface area (TPSA) is 62.5 Å². The van der Waals surface area contributed by atoms with E-state index in [1.165, 1.54) is 5.56 Å². The zero-order valence-electron chi connectivity index (χ0n) is 13.8. The third-order valence-corrected chi connectivity index (χ3v) is 4.22. The van der Waals surface area contributed by atoms with E-state index in [4.69, 9.17) is 4.52 Å². The van der Waals surface area contributed by atoms with E-state index in [1.807, 2.05) is 34.9 Å². The van der Waals surface area contributed by atoms with Gasteiger partial charge in [-0.05, 0) is 31.5 Å². The molecule has 0 unspecified atom stereocenters. The number of aryl methyl sites for hydroxylation is 1. The van der Waals surface area contributed by atoms with Crippen LogP contribution < -0.4 is 4.90 Å². The highest BCUT2D eigenvalue weighted by Crippen LogP contribution is 2.31. The van der Waals surface area contributed by atoms with E-state index < -0.39 is 0 Å². The maximum absolute atomic E-state index is 12.8. The van der Waals surface area contributed by atoms with Gasteiger partial charge in [-0.3, -0.25) is 9.69 Å². The quantitative estimate of drug-likeness (QED) is 0.846. The van der Waals surface area contributed by atoms with Gasteiger partial charge in [0.2, 0.25) is 11.8 Å². The Morgan fingerprint density at radius 2 is 2.22 bits per heavy atom. The first-order chi connectivity index (χ1) is 11.1. The van der Waals surface area contributed by atoms with Crippen LogP contribution >= 0.6 is 0 Å². The summed E-state index contributed by atoms with van der Waals surface area (Å²) in [7, 11) is 0. The van der Waals surface area contributed by atoms with Gasteiger partial charge in [-0.1, -0.05) is 30.3 Å². The number of likely N-dealkylation sites (N-methyl/N-ethyl adjacent to an activating group) is 1. The first-order valence-electron chi connectivity index (χ1n) is 8.00. The van der Waals surface area contributed by atoms with Crippen molar-refractivity contribution in [2.75, 3.05) is 18.0 Å². The van der Waals surface area contributed by atoms with Gasteiger partial charge in [0.25, 0.3) is 0 Å². The molecule has 3 rings (SSSR count). The van der Waals surface area contributed by atoms with Crippen molar-refractivity contribution in [3.63, 3.8) is 0 Å². The molecule has 1 aliphatic rings. The van der Waals surface area contributed by atoms with E-state index in [1.54, 1.807) is 6.92 Å². The number of hydrogen-bond donors (Lipinski definition) is 0. The van der Waals surface area contributed by atoms with E-state index in [0.717, 1.165) is 18.7 Å². The number of nitrogens with zero attached hydrogens (tertiary/aromatic N) is 4. The van der Waals surface area contributed by atoms with Crippen molar-refractivity contribution in [3.8, 4) is 0 Å². The summed E-state index contributed by atoms with van der Waals surface area (Å²) in [6.45, 7) is 7.51. The molecular weight excluding hydrogens is 292 g/mol. The summed E-state index contributed by atoms with van der Waals surface area (Å²) in [6.07, 6.45) is 0.915. The predicted molar refractivity (Wildman–Crippen MR) is 87.1 cm³/mol. The molecule has 1 atom stereocenters. The molecule has 0 saturated heterocycles. The summed E-state index contributed by atoms with van der Waals surface area (Å²) in [5.74, 6) is 1.28. The minimum absolute atomic E-state index is 0.115. The van der Waals surface area contributed by atoms with Crippen molar-refractivity contribution < 1.29 is 9.32 Å². The molecule has 1 aromatic carbocycles. The molecule has 6 heteroatoms. The second-order valence-electron chi connectivity index (χ2n) is 5.98. The van der Waals surface area contributed by atoms with E-state index >= 15 is 0 Å². The summed E-state index contributed by atoms with van der Waals surface area (Å²) in [5, 5.41) is 3.91.